The Morgan fingerprint density at radius 2 is 1.93 bits per heavy atom. The first kappa shape index (κ1) is 20.7. The van der Waals surface area contributed by atoms with E-state index in [-0.39, 0.29) is 35.1 Å². The third kappa shape index (κ3) is 5.50. The van der Waals surface area contributed by atoms with Crippen LogP contribution in [0.2, 0.25) is 0 Å². The number of nitrogens with one attached hydrogen (secondary N) is 4. The van der Waals surface area contributed by atoms with Crippen LogP contribution in [0, 0.1) is 0 Å². The minimum absolute atomic E-state index is 0.0460. The summed E-state index contributed by atoms with van der Waals surface area (Å²) in [7, 11) is -3.78. The first-order valence-electron chi connectivity index (χ1n) is 8.95. The van der Waals surface area contributed by atoms with Crippen molar-refractivity contribution in [1.29, 1.82) is 0 Å². The van der Waals surface area contributed by atoms with Crippen LogP contribution < -0.4 is 26.4 Å². The summed E-state index contributed by atoms with van der Waals surface area (Å²) < 4.78 is 27.2. The van der Waals surface area contributed by atoms with Crippen molar-refractivity contribution in [2.45, 2.75) is 23.4 Å². The van der Waals surface area contributed by atoms with E-state index in [4.69, 9.17) is 5.73 Å². The average Bonchev–Trinajstić information content (AvgIpc) is 3.17. The van der Waals surface area contributed by atoms with E-state index in [1.807, 2.05) is 0 Å². The third-order valence-corrected chi connectivity index (χ3v) is 5.70. The molecule has 29 heavy (non-hydrogen) atoms. The number of aromatic nitrogens is 1. The van der Waals surface area contributed by atoms with E-state index < -0.39 is 16.1 Å². The SMILES string of the molecule is NCC(=O)NC1CN[C@H](C(=O)Nc2ccc(S(=O)(=O)Nc3ccccn3)cc2)C1. The number of nitrogens with two attached hydrogens (primary N) is 1. The predicted molar refractivity (Wildman–Crippen MR) is 108 cm³/mol. The molecule has 0 spiro atoms. The van der Waals surface area contributed by atoms with Gasteiger partial charge in [0.25, 0.3) is 10.0 Å². The van der Waals surface area contributed by atoms with Gasteiger partial charge in [-0.15, -0.1) is 0 Å². The van der Waals surface area contributed by atoms with E-state index in [2.05, 4.69) is 25.7 Å². The molecule has 1 unspecified atom stereocenters. The van der Waals surface area contributed by atoms with Crippen LogP contribution in [0.1, 0.15) is 6.42 Å². The van der Waals surface area contributed by atoms with Crippen LogP contribution in [0.3, 0.4) is 0 Å². The molecule has 1 fully saturated rings. The van der Waals surface area contributed by atoms with Crippen molar-refractivity contribution < 1.29 is 18.0 Å². The Morgan fingerprint density at radius 1 is 1.17 bits per heavy atom. The number of hydrogen-bond acceptors (Lipinski definition) is 7. The van der Waals surface area contributed by atoms with Gasteiger partial charge in [-0.25, -0.2) is 13.4 Å². The average molecular weight is 418 g/mol. The Balaban J connectivity index is 1.58. The zero-order valence-electron chi connectivity index (χ0n) is 15.5. The molecule has 6 N–H and O–H groups in total. The summed E-state index contributed by atoms with van der Waals surface area (Å²) in [4.78, 5) is 27.7. The number of carbonyl (C=O) groups excluding carboxylic acids is 2. The number of pyridine rings is 1. The maximum atomic E-state index is 12.4. The first-order valence-corrected chi connectivity index (χ1v) is 10.4. The van der Waals surface area contributed by atoms with E-state index in [9.17, 15) is 18.0 Å². The van der Waals surface area contributed by atoms with Crippen LogP contribution in [0.5, 0.6) is 0 Å². The molecule has 1 saturated heterocycles. The highest BCUT2D eigenvalue weighted by Gasteiger charge is 2.30. The molecule has 0 aliphatic carbocycles. The summed E-state index contributed by atoms with van der Waals surface area (Å²) in [6.07, 6.45) is 1.93. The van der Waals surface area contributed by atoms with Crippen molar-refractivity contribution in [3.05, 3.63) is 48.7 Å². The molecule has 154 valence electrons. The number of amides is 2. The number of hydrogen-bond donors (Lipinski definition) is 5. The number of rotatable bonds is 7. The summed E-state index contributed by atoms with van der Waals surface area (Å²) in [5.41, 5.74) is 5.73. The molecule has 1 aliphatic heterocycles. The second-order valence-corrected chi connectivity index (χ2v) is 8.18. The summed E-state index contributed by atoms with van der Waals surface area (Å²) in [6.45, 7) is 0.373. The van der Waals surface area contributed by atoms with Gasteiger partial charge in [0.05, 0.1) is 17.5 Å². The van der Waals surface area contributed by atoms with Crippen molar-refractivity contribution in [1.82, 2.24) is 15.6 Å². The van der Waals surface area contributed by atoms with Crippen LogP contribution in [0.4, 0.5) is 11.5 Å². The standard InChI is InChI=1S/C18H22N6O4S/c19-10-17(25)22-13-9-15(21-11-13)18(26)23-12-4-6-14(7-5-12)29(27,28)24-16-3-1-2-8-20-16/h1-8,13,15,21H,9-11,19H2,(H,20,24)(H,22,25)(H,23,26)/t13?,15-/m0/s1. The van der Waals surface area contributed by atoms with Gasteiger partial charge in [-0.3, -0.25) is 14.3 Å². The van der Waals surface area contributed by atoms with Gasteiger partial charge in [0, 0.05) is 24.5 Å². The van der Waals surface area contributed by atoms with Crippen LogP contribution >= 0.6 is 0 Å². The molecule has 0 radical (unpaired) electrons. The molecule has 2 aromatic rings. The molecule has 1 aromatic heterocycles. The molecule has 3 rings (SSSR count). The monoisotopic (exact) mass is 418 g/mol. The largest absolute Gasteiger partial charge is 0.351 e. The number of anilines is 2. The van der Waals surface area contributed by atoms with Crippen LogP contribution in [-0.2, 0) is 19.6 Å². The lowest BCUT2D eigenvalue weighted by molar-refractivity contribution is -0.121. The van der Waals surface area contributed by atoms with Gasteiger partial charge in [0.1, 0.15) is 5.82 Å². The highest BCUT2D eigenvalue weighted by atomic mass is 32.2. The summed E-state index contributed by atoms with van der Waals surface area (Å²) in [5, 5.41) is 8.51. The quantitative estimate of drug-likeness (QED) is 0.411. The smallest absolute Gasteiger partial charge is 0.263 e. The Kier molecular flexibility index (Phi) is 6.42. The first-order chi connectivity index (χ1) is 13.9. The second-order valence-electron chi connectivity index (χ2n) is 6.50. The fraction of sp³-hybridized carbons (Fsp3) is 0.278. The zero-order valence-corrected chi connectivity index (χ0v) is 16.3. The van der Waals surface area contributed by atoms with Crippen molar-refractivity contribution in [3.8, 4) is 0 Å². The fourth-order valence-corrected chi connectivity index (χ4v) is 3.91. The van der Waals surface area contributed by atoms with E-state index in [0.717, 1.165) is 0 Å². The lowest BCUT2D eigenvalue weighted by Crippen LogP contribution is -2.39. The minimum Gasteiger partial charge on any atom is -0.351 e. The maximum absolute atomic E-state index is 12.4. The molecular formula is C18H22N6O4S. The Morgan fingerprint density at radius 3 is 2.59 bits per heavy atom. The van der Waals surface area contributed by atoms with Gasteiger partial charge < -0.3 is 21.7 Å². The van der Waals surface area contributed by atoms with Gasteiger partial charge in [0.2, 0.25) is 11.8 Å². The summed E-state index contributed by atoms with van der Waals surface area (Å²) >= 11 is 0. The molecular weight excluding hydrogens is 396 g/mol. The molecule has 2 amide bonds. The molecule has 0 bridgehead atoms. The highest BCUT2D eigenvalue weighted by Crippen LogP contribution is 2.18. The van der Waals surface area contributed by atoms with Crippen LogP contribution in [0.25, 0.3) is 0 Å². The van der Waals surface area contributed by atoms with E-state index in [1.165, 1.54) is 30.5 Å². The molecule has 11 heteroatoms. The number of carbonyl (C=O) groups is 2. The molecule has 2 heterocycles. The van der Waals surface area contributed by atoms with Crippen LogP contribution in [0.15, 0.2) is 53.6 Å². The predicted octanol–water partition coefficient (Wildman–Crippen LogP) is -0.374. The van der Waals surface area contributed by atoms with Crippen LogP contribution in [-0.4, -0.2) is 50.4 Å². The van der Waals surface area contributed by atoms with Crippen molar-refractivity contribution in [2.24, 2.45) is 5.73 Å². The topological polar surface area (TPSA) is 155 Å². The number of sulfonamides is 1. The van der Waals surface area contributed by atoms with Crippen molar-refractivity contribution in [3.63, 3.8) is 0 Å². The molecule has 2 atom stereocenters. The van der Waals surface area contributed by atoms with Gasteiger partial charge in [-0.1, -0.05) is 6.07 Å². The molecule has 0 saturated carbocycles. The lowest BCUT2D eigenvalue weighted by Gasteiger charge is -2.13. The number of nitrogens with zero attached hydrogens (tertiary/aromatic N) is 1. The minimum atomic E-state index is -3.78. The summed E-state index contributed by atoms with van der Waals surface area (Å²) in [6, 6.07) is 10.1. The van der Waals surface area contributed by atoms with Gasteiger partial charge in [-0.2, -0.15) is 0 Å². The summed E-state index contributed by atoms with van der Waals surface area (Å²) in [5.74, 6) is -0.320. The van der Waals surface area contributed by atoms with Gasteiger partial charge in [-0.05, 0) is 42.8 Å². The molecule has 10 nitrogen and oxygen atoms in total. The highest BCUT2D eigenvalue weighted by molar-refractivity contribution is 7.92. The Labute approximate surface area is 168 Å². The van der Waals surface area contributed by atoms with E-state index in [0.29, 0.717) is 18.7 Å². The second kappa shape index (κ2) is 8.99. The Hall–Kier alpha value is -3.02. The normalized spacial score (nSPS) is 18.8. The van der Waals surface area contributed by atoms with Crippen molar-refractivity contribution in [2.75, 3.05) is 23.1 Å². The molecule has 1 aliphatic rings. The maximum Gasteiger partial charge on any atom is 0.263 e. The Bertz CT molecular complexity index is 966. The van der Waals surface area contributed by atoms with Gasteiger partial charge in [0.15, 0.2) is 0 Å². The van der Waals surface area contributed by atoms with Crippen molar-refractivity contribution >= 4 is 33.3 Å². The lowest BCUT2D eigenvalue weighted by atomic mass is 10.1. The zero-order chi connectivity index (χ0) is 20.9. The fourth-order valence-electron chi connectivity index (χ4n) is 2.90. The van der Waals surface area contributed by atoms with E-state index in [1.54, 1.807) is 18.2 Å². The number of benzene rings is 1. The van der Waals surface area contributed by atoms with Gasteiger partial charge >= 0.3 is 0 Å². The third-order valence-electron chi connectivity index (χ3n) is 4.33. The molecule has 1 aromatic carbocycles. The van der Waals surface area contributed by atoms with E-state index >= 15 is 0 Å².